The van der Waals surface area contributed by atoms with E-state index in [-0.39, 0.29) is 89.4 Å². The van der Waals surface area contributed by atoms with Gasteiger partial charge in [0.05, 0.1) is 18.3 Å². The zero-order valence-corrected chi connectivity index (χ0v) is 30.2. The van der Waals surface area contributed by atoms with Gasteiger partial charge < -0.3 is 49.6 Å². The molecule has 1 amide bonds. The second-order valence-corrected chi connectivity index (χ2v) is 13.8. The van der Waals surface area contributed by atoms with E-state index in [1.54, 1.807) is 36.4 Å². The van der Waals surface area contributed by atoms with Gasteiger partial charge in [-0.15, -0.1) is 0 Å². The Labute approximate surface area is 324 Å². The maximum absolute atomic E-state index is 14.4. The molecule has 1 saturated heterocycles. The number of aliphatic imine (C=N–C) groups is 2. The molecule has 0 spiro atoms. The van der Waals surface area contributed by atoms with Gasteiger partial charge >= 0.3 is 0 Å². The van der Waals surface area contributed by atoms with Crippen molar-refractivity contribution in [2.75, 3.05) is 26.5 Å². The predicted octanol–water partition coefficient (Wildman–Crippen LogP) is -1.73. The van der Waals surface area contributed by atoms with E-state index in [0.717, 1.165) is 0 Å². The first kappa shape index (κ1) is 39.7. The summed E-state index contributed by atoms with van der Waals surface area (Å²) in [6.45, 7) is -1.63. The van der Waals surface area contributed by atoms with Crippen molar-refractivity contribution >= 4 is 47.0 Å². The first-order valence-corrected chi connectivity index (χ1v) is 18.2. The van der Waals surface area contributed by atoms with E-state index in [1.165, 1.54) is 18.2 Å². The molecule has 1 fully saturated rings. The Morgan fingerprint density at radius 3 is 2.39 bits per heavy atom. The van der Waals surface area contributed by atoms with Crippen LogP contribution < -0.4 is 19.7 Å². The number of guanidine groups is 1. The fourth-order valence-electron chi connectivity index (χ4n) is 7.50. The highest BCUT2D eigenvalue weighted by Gasteiger charge is 2.47. The maximum atomic E-state index is 14.4. The first-order valence-electron chi connectivity index (χ1n) is 18.2. The van der Waals surface area contributed by atoms with Crippen LogP contribution in [0.1, 0.15) is 68.2 Å². The maximum Gasteiger partial charge on any atom is 0.284 e. The number of carbonyl (C=O) groups is 4. The van der Waals surface area contributed by atoms with Crippen molar-refractivity contribution in [3.63, 3.8) is 0 Å². The van der Waals surface area contributed by atoms with E-state index in [4.69, 9.17) is 19.6 Å². The molecule has 3 aromatic carbocycles. The number of aldehydes is 1. The van der Waals surface area contributed by atoms with Crippen molar-refractivity contribution in [1.82, 2.24) is 5.32 Å². The molecule has 3 aromatic rings. The summed E-state index contributed by atoms with van der Waals surface area (Å²) >= 11 is 0. The molecule has 9 N–H and O–H groups in total. The number of benzene rings is 3. The second kappa shape index (κ2) is 16.5. The number of ketones is 2. The van der Waals surface area contributed by atoms with Crippen LogP contribution in [0.4, 0.5) is 5.69 Å². The number of nitrogens with zero attached hydrogens (tertiary/aromatic N) is 2. The summed E-state index contributed by atoms with van der Waals surface area (Å²) in [5.41, 5.74) is 1.04. The van der Waals surface area contributed by atoms with E-state index < -0.39 is 73.4 Å². The molecule has 8 unspecified atom stereocenters. The number of hydrogen-bond donors (Lipinski definition) is 9. The average molecular weight is 787 g/mol. The van der Waals surface area contributed by atoms with Crippen LogP contribution in [-0.2, 0) is 14.3 Å². The van der Waals surface area contributed by atoms with Gasteiger partial charge in [-0.2, -0.15) is 4.99 Å². The zero-order chi connectivity index (χ0) is 40.5. The van der Waals surface area contributed by atoms with Crippen molar-refractivity contribution in [2.45, 2.75) is 62.0 Å². The molecule has 0 bridgehead atoms. The summed E-state index contributed by atoms with van der Waals surface area (Å²) in [4.78, 5) is 61.9. The summed E-state index contributed by atoms with van der Waals surface area (Å²) in [5, 5.41) is 73.6. The number of nitrogens with one attached hydrogen (secondary N) is 3. The van der Waals surface area contributed by atoms with E-state index in [9.17, 15) is 49.8 Å². The van der Waals surface area contributed by atoms with Crippen molar-refractivity contribution in [2.24, 2.45) is 9.98 Å². The number of aliphatic hydroxyl groups is 6. The average Bonchev–Trinajstić information content (AvgIpc) is 3.64. The number of fused-ring (bicyclic) bond motifs is 3. The molecule has 0 aromatic heterocycles. The highest BCUT2D eigenvalue weighted by atomic mass is 16.7. The Kier molecular flexibility index (Phi) is 11.5. The smallest absolute Gasteiger partial charge is 0.284 e. The number of amidine groups is 1. The number of para-hydroxylation sites is 1. The molecule has 7 rings (SSSR count). The minimum atomic E-state index is -1.93. The van der Waals surface area contributed by atoms with Gasteiger partial charge in [0.1, 0.15) is 43.0 Å². The molecular weight excluding hydrogens is 746 g/mol. The van der Waals surface area contributed by atoms with Gasteiger partial charge in [-0.05, 0) is 25.0 Å². The molecule has 3 aliphatic heterocycles. The molecule has 1 aliphatic carbocycles. The number of quaternary nitrogens is 1. The number of hydrogen-bond acceptors (Lipinski definition) is 15. The molecule has 3 heterocycles. The Hall–Kier alpha value is -5.57. The van der Waals surface area contributed by atoms with Crippen molar-refractivity contribution in [1.29, 1.82) is 5.41 Å². The van der Waals surface area contributed by atoms with Gasteiger partial charge in [0.15, 0.2) is 29.7 Å². The number of rotatable bonds is 14. The quantitative estimate of drug-likeness (QED) is 0.0644. The summed E-state index contributed by atoms with van der Waals surface area (Å²) in [6, 6.07) is 14.5. The molecular formula is C39H40N5O13+. The molecule has 18 heteroatoms. The van der Waals surface area contributed by atoms with Gasteiger partial charge in [0.25, 0.3) is 11.7 Å². The lowest BCUT2D eigenvalue weighted by Gasteiger charge is -2.40. The highest BCUT2D eigenvalue weighted by molar-refractivity contribution is 6.68. The third-order valence-corrected chi connectivity index (χ3v) is 10.3. The number of ether oxygens (including phenoxy) is 3. The van der Waals surface area contributed by atoms with Crippen molar-refractivity contribution in [3.8, 4) is 11.5 Å². The molecule has 57 heavy (non-hydrogen) atoms. The van der Waals surface area contributed by atoms with Crippen LogP contribution >= 0.6 is 0 Å². The molecule has 8 atom stereocenters. The Bertz CT molecular complexity index is 2190. The fourth-order valence-corrected chi connectivity index (χ4v) is 7.50. The van der Waals surface area contributed by atoms with Crippen LogP contribution in [0.25, 0.3) is 0 Å². The standard InChI is InChI=1S/C39H39N5O13/c40-39-42-36-28(37(54)43-39)41-17-44(36)25-10-4-3-6-20(25)19(9-5-12-45)23-14-24-27(30(50)22-8-2-1-7-21(22)29(24)49)35(55-16-18(48)11-13-46)34(23)57-38-33(53)32(52)31(51)26(15-47)56-38/h1-4,6-8,10,13-14,18-19,26,31-33,38,45,47-48,51-53H,5,9,11-12,15-17H2,(H2,40,43,54)/p+1. The van der Waals surface area contributed by atoms with E-state index in [1.807, 2.05) is 0 Å². The molecule has 298 valence electrons. The minimum Gasteiger partial charge on any atom is -0.486 e. The summed E-state index contributed by atoms with van der Waals surface area (Å²) in [6.07, 6.45) is -9.73. The van der Waals surface area contributed by atoms with E-state index in [2.05, 4.69) is 15.3 Å². The summed E-state index contributed by atoms with van der Waals surface area (Å²) in [7, 11) is 0. The second-order valence-electron chi connectivity index (χ2n) is 13.8. The van der Waals surface area contributed by atoms with Gasteiger partial charge in [-0.25, -0.2) is 9.89 Å². The lowest BCUT2D eigenvalue weighted by molar-refractivity contribution is -0.723. The van der Waals surface area contributed by atoms with E-state index in [0.29, 0.717) is 22.4 Å². The lowest BCUT2D eigenvalue weighted by atomic mass is 9.78. The Morgan fingerprint density at radius 1 is 0.947 bits per heavy atom. The Balaban J connectivity index is 1.48. The highest BCUT2D eigenvalue weighted by Crippen LogP contribution is 2.49. The van der Waals surface area contributed by atoms with Crippen molar-refractivity contribution in [3.05, 3.63) is 88.0 Å². The topological polar surface area (TPSA) is 282 Å². The van der Waals surface area contributed by atoms with E-state index >= 15 is 0 Å². The van der Waals surface area contributed by atoms with Gasteiger partial charge in [-0.1, -0.05) is 42.5 Å². The van der Waals surface area contributed by atoms with Gasteiger partial charge in [0, 0.05) is 46.8 Å². The number of carbonyl (C=O) groups excluding carboxylic acids is 4. The third kappa shape index (κ3) is 7.28. The lowest BCUT2D eigenvalue weighted by Crippen LogP contribution is -3.09. The normalized spacial score (nSPS) is 25.0. The van der Waals surface area contributed by atoms with Gasteiger partial charge in [-0.3, -0.25) is 25.1 Å². The third-order valence-electron chi connectivity index (χ3n) is 10.3. The van der Waals surface area contributed by atoms with Crippen LogP contribution in [0, 0.1) is 5.41 Å². The van der Waals surface area contributed by atoms with Crippen LogP contribution in [0.5, 0.6) is 11.5 Å². The van der Waals surface area contributed by atoms with Crippen LogP contribution in [0.3, 0.4) is 0 Å². The number of aliphatic hydroxyl groups excluding tert-OH is 6. The molecule has 0 saturated carbocycles. The minimum absolute atomic E-state index is 0.0176. The predicted molar refractivity (Wildman–Crippen MR) is 197 cm³/mol. The number of amides is 1. The first-order chi connectivity index (χ1) is 27.5. The summed E-state index contributed by atoms with van der Waals surface area (Å²) < 4.78 is 18.3. The fraction of sp³-hybridized carbons (Fsp3) is 0.359. The monoisotopic (exact) mass is 786 g/mol. The van der Waals surface area contributed by atoms with Crippen LogP contribution in [0.2, 0.25) is 0 Å². The van der Waals surface area contributed by atoms with Gasteiger partial charge in [0.2, 0.25) is 18.0 Å². The Morgan fingerprint density at radius 2 is 1.67 bits per heavy atom. The largest absolute Gasteiger partial charge is 0.486 e. The molecule has 4 aliphatic rings. The molecule has 0 radical (unpaired) electrons. The van der Waals surface area contributed by atoms with Crippen LogP contribution in [-0.4, -0.2) is 135 Å². The van der Waals surface area contributed by atoms with Crippen molar-refractivity contribution < 1.29 is 68.9 Å². The molecule has 18 nitrogen and oxygen atoms in total. The van der Waals surface area contributed by atoms with Crippen LogP contribution in [0.15, 0.2) is 64.6 Å². The SMILES string of the molecule is N=C1N=C2C(=NC[NH+]2c2ccccc2C(CCCO)c2cc3c(c(OCC(O)CC=O)c2OC2OC(CO)C(O)C(O)C2O)C(=O)c2ccccc2C3=O)C(=O)N1. The zero-order valence-electron chi connectivity index (χ0n) is 30.2. The summed E-state index contributed by atoms with van der Waals surface area (Å²) in [5.74, 6) is -3.53.